The molecular weight excluding hydrogens is 376 g/mol. The van der Waals surface area contributed by atoms with E-state index in [-0.39, 0.29) is 16.5 Å². The van der Waals surface area contributed by atoms with Gasteiger partial charge in [0.05, 0.1) is 23.3 Å². The number of rotatable bonds is 6. The molecule has 0 radical (unpaired) electrons. The number of hydrogen-bond acceptors (Lipinski definition) is 4. The van der Waals surface area contributed by atoms with Crippen LogP contribution in [0.15, 0.2) is 41.3 Å². The van der Waals surface area contributed by atoms with Crippen LogP contribution < -0.4 is 14.8 Å². The molecule has 0 saturated heterocycles. The maximum absolute atomic E-state index is 12.7. The van der Waals surface area contributed by atoms with Crippen LogP contribution in [0.2, 0.25) is 5.02 Å². The van der Waals surface area contributed by atoms with Gasteiger partial charge in [-0.2, -0.15) is 0 Å². The monoisotopic (exact) mass is 396 g/mol. The smallest absolute Gasteiger partial charge is 0.261 e. The quantitative estimate of drug-likeness (QED) is 0.781. The Morgan fingerprint density at radius 2 is 1.85 bits per heavy atom. The zero-order valence-electron chi connectivity index (χ0n) is 15.0. The molecule has 0 saturated carbocycles. The van der Waals surface area contributed by atoms with Gasteiger partial charge >= 0.3 is 0 Å². The topological polar surface area (TPSA) is 84.5 Å². The second-order valence-corrected chi connectivity index (χ2v) is 8.15. The molecule has 0 bridgehead atoms. The van der Waals surface area contributed by atoms with Crippen molar-refractivity contribution in [3.8, 4) is 5.75 Å². The molecule has 2 aromatic rings. The van der Waals surface area contributed by atoms with E-state index in [1.165, 1.54) is 31.4 Å². The van der Waals surface area contributed by atoms with Gasteiger partial charge < -0.3 is 10.1 Å². The molecule has 0 aliphatic rings. The van der Waals surface area contributed by atoms with Gasteiger partial charge in [0.25, 0.3) is 15.9 Å². The summed E-state index contributed by atoms with van der Waals surface area (Å²) >= 11 is 6.04. The first-order valence-electron chi connectivity index (χ1n) is 7.92. The van der Waals surface area contributed by atoms with Crippen molar-refractivity contribution in [2.45, 2.75) is 31.7 Å². The maximum atomic E-state index is 12.7. The molecule has 0 aromatic heterocycles. The van der Waals surface area contributed by atoms with E-state index in [0.29, 0.717) is 16.5 Å². The van der Waals surface area contributed by atoms with Crippen molar-refractivity contribution in [2.24, 2.45) is 0 Å². The molecule has 2 N–H and O–H groups in total. The SMILES string of the molecule is COc1ccc(S(=O)(=O)Nc2ccc(C)c(Cl)c2)cc1C(=O)NC(C)C. The minimum absolute atomic E-state index is 0.0519. The van der Waals surface area contributed by atoms with Crippen molar-refractivity contribution in [3.63, 3.8) is 0 Å². The Hall–Kier alpha value is -2.25. The van der Waals surface area contributed by atoms with Gasteiger partial charge in [-0.15, -0.1) is 0 Å². The minimum Gasteiger partial charge on any atom is -0.496 e. The molecule has 0 spiro atoms. The van der Waals surface area contributed by atoms with Gasteiger partial charge in [-0.3, -0.25) is 9.52 Å². The second-order valence-electron chi connectivity index (χ2n) is 6.06. The van der Waals surface area contributed by atoms with E-state index in [9.17, 15) is 13.2 Å². The number of amides is 1. The molecule has 0 unspecified atom stereocenters. The number of anilines is 1. The fourth-order valence-corrected chi connectivity index (χ4v) is 3.50. The summed E-state index contributed by atoms with van der Waals surface area (Å²) in [7, 11) is -2.48. The third-order valence-electron chi connectivity index (χ3n) is 3.57. The number of hydrogen-bond donors (Lipinski definition) is 2. The van der Waals surface area contributed by atoms with Crippen LogP contribution in [0.3, 0.4) is 0 Å². The van der Waals surface area contributed by atoms with Gasteiger partial charge in [0, 0.05) is 11.1 Å². The van der Waals surface area contributed by atoms with Gasteiger partial charge in [-0.1, -0.05) is 17.7 Å². The van der Waals surface area contributed by atoms with E-state index in [1.54, 1.807) is 12.1 Å². The lowest BCUT2D eigenvalue weighted by molar-refractivity contribution is 0.0940. The van der Waals surface area contributed by atoms with Crippen molar-refractivity contribution in [1.29, 1.82) is 0 Å². The van der Waals surface area contributed by atoms with Gasteiger partial charge in [-0.25, -0.2) is 8.42 Å². The number of carbonyl (C=O) groups excluding carboxylic acids is 1. The Morgan fingerprint density at radius 3 is 2.42 bits per heavy atom. The Morgan fingerprint density at radius 1 is 1.15 bits per heavy atom. The van der Waals surface area contributed by atoms with Crippen LogP contribution in [-0.2, 0) is 10.0 Å². The van der Waals surface area contributed by atoms with E-state index < -0.39 is 15.9 Å². The zero-order valence-corrected chi connectivity index (χ0v) is 16.5. The van der Waals surface area contributed by atoms with Gasteiger partial charge in [0.2, 0.25) is 0 Å². The summed E-state index contributed by atoms with van der Waals surface area (Å²) in [4.78, 5) is 12.3. The minimum atomic E-state index is -3.90. The first kappa shape index (κ1) is 20.1. The lowest BCUT2D eigenvalue weighted by atomic mass is 10.2. The van der Waals surface area contributed by atoms with Crippen LogP contribution in [0.4, 0.5) is 5.69 Å². The highest BCUT2D eigenvalue weighted by molar-refractivity contribution is 7.92. The number of sulfonamides is 1. The molecule has 0 heterocycles. The average molecular weight is 397 g/mol. The molecular formula is C18H21ClN2O4S. The summed E-state index contributed by atoms with van der Waals surface area (Å²) in [5.41, 5.74) is 1.32. The summed E-state index contributed by atoms with van der Waals surface area (Å²) in [6, 6.07) is 8.89. The van der Waals surface area contributed by atoms with Crippen molar-refractivity contribution >= 4 is 33.2 Å². The van der Waals surface area contributed by atoms with Crippen molar-refractivity contribution in [3.05, 3.63) is 52.5 Å². The van der Waals surface area contributed by atoms with Gasteiger partial charge in [0.1, 0.15) is 5.75 Å². The lowest BCUT2D eigenvalue weighted by Gasteiger charge is -2.14. The van der Waals surface area contributed by atoms with E-state index in [0.717, 1.165) is 5.56 Å². The number of carbonyl (C=O) groups is 1. The number of ether oxygens (including phenoxy) is 1. The Kier molecular flexibility index (Phi) is 6.15. The fraction of sp³-hybridized carbons (Fsp3) is 0.278. The molecule has 1 amide bonds. The molecule has 0 fully saturated rings. The molecule has 0 atom stereocenters. The molecule has 8 heteroatoms. The third kappa shape index (κ3) is 4.68. The molecule has 0 aliphatic heterocycles. The normalized spacial score (nSPS) is 11.3. The highest BCUT2D eigenvalue weighted by Gasteiger charge is 2.20. The van der Waals surface area contributed by atoms with E-state index in [2.05, 4.69) is 10.0 Å². The Labute approximate surface area is 158 Å². The molecule has 2 aromatic carbocycles. The first-order chi connectivity index (χ1) is 12.1. The van der Waals surface area contributed by atoms with Crippen LogP contribution in [0.5, 0.6) is 5.75 Å². The molecule has 140 valence electrons. The van der Waals surface area contributed by atoms with Crippen molar-refractivity contribution in [2.75, 3.05) is 11.8 Å². The number of benzene rings is 2. The maximum Gasteiger partial charge on any atom is 0.261 e. The van der Waals surface area contributed by atoms with Crippen LogP contribution in [0, 0.1) is 6.92 Å². The number of halogens is 1. The lowest BCUT2D eigenvalue weighted by Crippen LogP contribution is -2.30. The first-order valence-corrected chi connectivity index (χ1v) is 9.78. The van der Waals surface area contributed by atoms with E-state index in [4.69, 9.17) is 16.3 Å². The molecule has 0 aliphatic carbocycles. The van der Waals surface area contributed by atoms with Crippen molar-refractivity contribution < 1.29 is 17.9 Å². The largest absolute Gasteiger partial charge is 0.496 e. The Balaban J connectivity index is 2.39. The number of methoxy groups -OCH3 is 1. The highest BCUT2D eigenvalue weighted by atomic mass is 35.5. The van der Waals surface area contributed by atoms with E-state index in [1.807, 2.05) is 20.8 Å². The second kappa shape index (κ2) is 7.97. The highest BCUT2D eigenvalue weighted by Crippen LogP contribution is 2.26. The summed E-state index contributed by atoms with van der Waals surface area (Å²) in [6.07, 6.45) is 0. The summed E-state index contributed by atoms with van der Waals surface area (Å²) in [5, 5.41) is 3.18. The fourth-order valence-electron chi connectivity index (χ4n) is 2.24. The van der Waals surface area contributed by atoms with Gasteiger partial charge in [-0.05, 0) is 56.7 Å². The molecule has 26 heavy (non-hydrogen) atoms. The number of aryl methyl sites for hydroxylation is 1. The molecule has 2 rings (SSSR count). The van der Waals surface area contributed by atoms with Gasteiger partial charge in [0.15, 0.2) is 0 Å². The third-order valence-corrected chi connectivity index (χ3v) is 5.36. The predicted octanol–water partition coefficient (Wildman–Crippen LogP) is 3.60. The van der Waals surface area contributed by atoms with E-state index >= 15 is 0 Å². The standard InChI is InChI=1S/C18H21ClN2O4S/c1-11(2)20-18(22)15-10-14(7-8-17(15)25-4)26(23,24)21-13-6-5-12(3)16(19)9-13/h5-11,21H,1-4H3,(H,20,22). The predicted molar refractivity (Wildman–Crippen MR) is 103 cm³/mol. The van der Waals surface area contributed by atoms with Crippen molar-refractivity contribution in [1.82, 2.24) is 5.32 Å². The van der Waals surface area contributed by atoms with Crippen LogP contribution in [-0.4, -0.2) is 27.5 Å². The summed E-state index contributed by atoms with van der Waals surface area (Å²) in [6.45, 7) is 5.45. The average Bonchev–Trinajstić information content (AvgIpc) is 2.56. The number of nitrogens with one attached hydrogen (secondary N) is 2. The zero-order chi connectivity index (χ0) is 19.5. The van der Waals surface area contributed by atoms with Crippen LogP contribution in [0.1, 0.15) is 29.8 Å². The summed E-state index contributed by atoms with van der Waals surface area (Å²) in [5.74, 6) is -0.118. The molecule has 6 nitrogen and oxygen atoms in total. The van der Waals surface area contributed by atoms with Crippen LogP contribution >= 0.6 is 11.6 Å². The summed E-state index contributed by atoms with van der Waals surface area (Å²) < 4.78 is 33.0. The Bertz CT molecular complexity index is 927. The van der Waals surface area contributed by atoms with Crippen LogP contribution in [0.25, 0.3) is 0 Å².